The first-order valence-electron chi connectivity index (χ1n) is 7.40. The summed E-state index contributed by atoms with van der Waals surface area (Å²) in [6.45, 7) is 0.251. The molecule has 8 nitrogen and oxygen atoms in total. The molecule has 0 aliphatic rings. The number of nitrogens with one attached hydrogen (secondary N) is 2. The second kappa shape index (κ2) is 8.39. The third-order valence-corrected chi connectivity index (χ3v) is 3.55. The van der Waals surface area contributed by atoms with E-state index in [2.05, 4.69) is 20.6 Å². The number of urea groups is 1. The van der Waals surface area contributed by atoms with Gasteiger partial charge >= 0.3 is 6.03 Å². The van der Waals surface area contributed by atoms with Crippen molar-refractivity contribution in [1.82, 2.24) is 15.3 Å². The van der Waals surface area contributed by atoms with E-state index in [-0.39, 0.29) is 6.54 Å². The van der Waals surface area contributed by atoms with Crippen molar-refractivity contribution in [3.05, 3.63) is 35.1 Å². The van der Waals surface area contributed by atoms with Crippen LogP contribution < -0.4 is 25.0 Å². The Labute approximate surface area is 151 Å². The lowest BCUT2D eigenvalue weighted by atomic mass is 10.2. The summed E-state index contributed by atoms with van der Waals surface area (Å²) < 4.78 is 10.4. The second-order valence-electron chi connectivity index (χ2n) is 5.24. The van der Waals surface area contributed by atoms with E-state index in [9.17, 15) is 4.79 Å². The number of halogens is 1. The number of aromatic nitrogens is 2. The van der Waals surface area contributed by atoms with E-state index in [1.807, 2.05) is 14.1 Å². The Hall–Kier alpha value is -2.74. The Morgan fingerprint density at radius 2 is 1.96 bits per heavy atom. The molecule has 0 aliphatic carbocycles. The zero-order chi connectivity index (χ0) is 18.4. The average molecular weight is 366 g/mol. The van der Waals surface area contributed by atoms with Crippen molar-refractivity contribution in [2.24, 2.45) is 0 Å². The van der Waals surface area contributed by atoms with Crippen LogP contribution in [-0.4, -0.2) is 44.3 Å². The molecule has 1 heterocycles. The van der Waals surface area contributed by atoms with Crippen LogP contribution in [0.1, 0.15) is 5.69 Å². The van der Waals surface area contributed by atoms with Crippen LogP contribution >= 0.6 is 11.6 Å². The Bertz CT molecular complexity index is 755. The van der Waals surface area contributed by atoms with Crippen molar-refractivity contribution in [2.75, 3.05) is 38.5 Å². The van der Waals surface area contributed by atoms with Gasteiger partial charge in [-0.05, 0) is 12.1 Å². The highest BCUT2D eigenvalue weighted by atomic mass is 35.5. The summed E-state index contributed by atoms with van der Waals surface area (Å²) in [5, 5.41) is 5.78. The van der Waals surface area contributed by atoms with Gasteiger partial charge in [-0.15, -0.1) is 0 Å². The van der Waals surface area contributed by atoms with E-state index in [4.69, 9.17) is 21.1 Å². The van der Waals surface area contributed by atoms with Crippen molar-refractivity contribution < 1.29 is 14.3 Å². The lowest BCUT2D eigenvalue weighted by Gasteiger charge is -2.14. The highest BCUT2D eigenvalue weighted by Crippen LogP contribution is 2.35. The van der Waals surface area contributed by atoms with Gasteiger partial charge in [-0.2, -0.15) is 0 Å². The van der Waals surface area contributed by atoms with Crippen LogP contribution in [0.15, 0.2) is 24.4 Å². The average Bonchev–Trinajstić information content (AvgIpc) is 2.60. The van der Waals surface area contributed by atoms with Crippen LogP contribution in [0.4, 0.5) is 16.4 Å². The third-order valence-electron chi connectivity index (χ3n) is 3.25. The molecule has 0 saturated heterocycles. The van der Waals surface area contributed by atoms with E-state index in [0.29, 0.717) is 33.9 Å². The Morgan fingerprint density at radius 3 is 2.60 bits per heavy atom. The van der Waals surface area contributed by atoms with Crippen LogP contribution in [-0.2, 0) is 6.54 Å². The van der Waals surface area contributed by atoms with Gasteiger partial charge in [0.25, 0.3) is 0 Å². The monoisotopic (exact) mass is 365 g/mol. The number of benzene rings is 1. The molecule has 0 aliphatic heterocycles. The van der Waals surface area contributed by atoms with E-state index < -0.39 is 6.03 Å². The number of carbonyl (C=O) groups is 1. The quantitative estimate of drug-likeness (QED) is 0.817. The first-order chi connectivity index (χ1) is 11.9. The molecule has 2 N–H and O–H groups in total. The van der Waals surface area contributed by atoms with Crippen LogP contribution in [0, 0.1) is 0 Å². The number of hydrogen-bond acceptors (Lipinski definition) is 6. The molecular formula is C16H20ClN5O3. The van der Waals surface area contributed by atoms with E-state index in [0.717, 1.165) is 0 Å². The van der Waals surface area contributed by atoms with Gasteiger partial charge in [0, 0.05) is 26.4 Å². The van der Waals surface area contributed by atoms with Crippen molar-refractivity contribution in [2.45, 2.75) is 6.54 Å². The number of rotatable bonds is 6. The molecule has 0 unspecified atom stereocenters. The number of ether oxygens (including phenoxy) is 2. The van der Waals surface area contributed by atoms with Gasteiger partial charge in [0.1, 0.15) is 11.5 Å². The fourth-order valence-electron chi connectivity index (χ4n) is 1.99. The first-order valence-corrected chi connectivity index (χ1v) is 7.78. The SMILES string of the molecule is COc1cc(OC)c(NC(=O)NCc2ccnc(N(C)C)n2)cc1Cl. The highest BCUT2D eigenvalue weighted by Gasteiger charge is 2.12. The van der Waals surface area contributed by atoms with Crippen molar-refractivity contribution in [3.8, 4) is 11.5 Å². The maximum absolute atomic E-state index is 12.1. The molecule has 1 aromatic carbocycles. The Morgan fingerprint density at radius 1 is 1.24 bits per heavy atom. The van der Waals surface area contributed by atoms with Gasteiger partial charge in [0.2, 0.25) is 5.95 Å². The zero-order valence-corrected chi connectivity index (χ0v) is 15.2. The highest BCUT2D eigenvalue weighted by molar-refractivity contribution is 6.32. The topological polar surface area (TPSA) is 88.6 Å². The summed E-state index contributed by atoms with van der Waals surface area (Å²) in [4.78, 5) is 22.4. The van der Waals surface area contributed by atoms with Gasteiger partial charge in [-0.25, -0.2) is 14.8 Å². The standard InChI is InChI=1S/C16H20ClN5O3/c1-22(2)15-18-6-5-10(20-15)9-19-16(23)21-12-7-11(17)13(24-3)8-14(12)25-4/h5-8H,9H2,1-4H3,(H2,19,21,23). The lowest BCUT2D eigenvalue weighted by Crippen LogP contribution is -2.29. The number of amides is 2. The Balaban J connectivity index is 2.03. The molecular weight excluding hydrogens is 346 g/mol. The Kier molecular flexibility index (Phi) is 6.24. The number of anilines is 2. The molecule has 9 heteroatoms. The van der Waals surface area contributed by atoms with Gasteiger partial charge in [-0.3, -0.25) is 0 Å². The number of methoxy groups -OCH3 is 2. The fraction of sp³-hybridized carbons (Fsp3) is 0.312. The molecule has 2 rings (SSSR count). The molecule has 0 saturated carbocycles. The summed E-state index contributed by atoms with van der Waals surface area (Å²) >= 11 is 6.09. The second-order valence-corrected chi connectivity index (χ2v) is 5.64. The molecule has 0 bridgehead atoms. The van der Waals surface area contributed by atoms with E-state index >= 15 is 0 Å². The van der Waals surface area contributed by atoms with Crippen LogP contribution in [0.2, 0.25) is 5.02 Å². The predicted molar refractivity (Wildman–Crippen MR) is 96.8 cm³/mol. The molecule has 0 spiro atoms. The fourth-order valence-corrected chi connectivity index (χ4v) is 2.23. The molecule has 0 fully saturated rings. The van der Waals surface area contributed by atoms with Crippen LogP contribution in [0.25, 0.3) is 0 Å². The van der Waals surface area contributed by atoms with E-state index in [1.165, 1.54) is 14.2 Å². The van der Waals surface area contributed by atoms with Crippen LogP contribution in [0.3, 0.4) is 0 Å². The normalized spacial score (nSPS) is 10.1. The maximum atomic E-state index is 12.1. The van der Waals surface area contributed by atoms with Crippen molar-refractivity contribution >= 4 is 29.3 Å². The molecule has 0 atom stereocenters. The predicted octanol–water partition coefficient (Wildman–Crippen LogP) is 2.53. The summed E-state index contributed by atoms with van der Waals surface area (Å²) in [5.74, 6) is 1.47. The molecule has 0 radical (unpaired) electrons. The summed E-state index contributed by atoms with van der Waals surface area (Å²) in [5.41, 5.74) is 1.12. The van der Waals surface area contributed by atoms with Gasteiger partial charge < -0.3 is 25.0 Å². The summed E-state index contributed by atoms with van der Waals surface area (Å²) in [7, 11) is 6.69. The molecule has 1 aromatic heterocycles. The van der Waals surface area contributed by atoms with E-state index in [1.54, 1.807) is 29.3 Å². The zero-order valence-electron chi connectivity index (χ0n) is 14.5. The number of nitrogens with zero attached hydrogens (tertiary/aromatic N) is 3. The molecule has 134 valence electrons. The summed E-state index contributed by atoms with van der Waals surface area (Å²) in [6, 6.07) is 4.49. The van der Waals surface area contributed by atoms with Gasteiger partial charge in [0.15, 0.2) is 0 Å². The molecule has 25 heavy (non-hydrogen) atoms. The third kappa shape index (κ3) is 4.87. The summed E-state index contributed by atoms with van der Waals surface area (Å²) in [6.07, 6.45) is 1.64. The van der Waals surface area contributed by atoms with Crippen molar-refractivity contribution in [3.63, 3.8) is 0 Å². The van der Waals surface area contributed by atoms with Gasteiger partial charge in [-0.1, -0.05) is 11.6 Å². The smallest absolute Gasteiger partial charge is 0.319 e. The number of hydrogen-bond donors (Lipinski definition) is 2. The molecule has 2 amide bonds. The largest absolute Gasteiger partial charge is 0.495 e. The first kappa shape index (κ1) is 18.6. The van der Waals surface area contributed by atoms with Crippen molar-refractivity contribution in [1.29, 1.82) is 0 Å². The lowest BCUT2D eigenvalue weighted by molar-refractivity contribution is 0.251. The number of carbonyl (C=O) groups excluding carboxylic acids is 1. The maximum Gasteiger partial charge on any atom is 0.319 e. The van der Waals surface area contributed by atoms with Gasteiger partial charge in [0.05, 0.1) is 37.2 Å². The minimum absolute atomic E-state index is 0.251. The van der Waals surface area contributed by atoms with Crippen LogP contribution in [0.5, 0.6) is 11.5 Å². The minimum atomic E-state index is -0.412. The minimum Gasteiger partial charge on any atom is -0.495 e. The molecule has 2 aromatic rings.